The monoisotopic (exact) mass is 380 g/mol. The Balaban J connectivity index is 1.82. The zero-order valence-corrected chi connectivity index (χ0v) is 15.5. The lowest BCUT2D eigenvalue weighted by atomic mass is 10.1. The first-order valence-electron chi connectivity index (χ1n) is 9.02. The van der Waals surface area contributed by atoms with Crippen LogP contribution >= 0.6 is 0 Å². The highest BCUT2D eigenvalue weighted by Gasteiger charge is 2.32. The summed E-state index contributed by atoms with van der Waals surface area (Å²) in [5.74, 6) is -1.24. The minimum atomic E-state index is -3.61. The van der Waals surface area contributed by atoms with Gasteiger partial charge in [-0.15, -0.1) is 0 Å². The quantitative estimate of drug-likeness (QED) is 0.842. The molecule has 1 amide bonds. The Bertz CT molecular complexity index is 787. The first-order chi connectivity index (χ1) is 12.4. The van der Waals surface area contributed by atoms with Crippen LogP contribution in [0.5, 0.6) is 0 Å². The van der Waals surface area contributed by atoms with Gasteiger partial charge >= 0.3 is 5.97 Å². The summed E-state index contributed by atoms with van der Waals surface area (Å²) < 4.78 is 27.1. The highest BCUT2D eigenvalue weighted by atomic mass is 32.2. The molecule has 1 N–H and O–H groups in total. The van der Waals surface area contributed by atoms with Crippen LogP contribution in [0.2, 0.25) is 0 Å². The average Bonchev–Trinajstić information content (AvgIpc) is 3.09. The van der Waals surface area contributed by atoms with Crippen LogP contribution in [0.15, 0.2) is 29.2 Å². The van der Waals surface area contributed by atoms with Gasteiger partial charge in [0.2, 0.25) is 10.0 Å². The van der Waals surface area contributed by atoms with Gasteiger partial charge in [-0.25, -0.2) is 8.42 Å². The topological polar surface area (TPSA) is 95.0 Å². The zero-order valence-electron chi connectivity index (χ0n) is 14.6. The first kappa shape index (κ1) is 18.8. The molecule has 0 aromatic heterocycles. The van der Waals surface area contributed by atoms with E-state index in [-0.39, 0.29) is 23.3 Å². The van der Waals surface area contributed by atoms with E-state index >= 15 is 0 Å². The number of carbonyl (C=O) groups excluding carboxylic acids is 1. The van der Waals surface area contributed by atoms with E-state index in [9.17, 15) is 18.0 Å². The van der Waals surface area contributed by atoms with Gasteiger partial charge in [0, 0.05) is 31.2 Å². The average molecular weight is 380 g/mol. The molecule has 2 aliphatic heterocycles. The fourth-order valence-electron chi connectivity index (χ4n) is 3.73. The molecule has 0 bridgehead atoms. The van der Waals surface area contributed by atoms with Gasteiger partial charge in [0.05, 0.1) is 11.3 Å². The van der Waals surface area contributed by atoms with Gasteiger partial charge in [-0.05, 0) is 43.9 Å². The maximum absolute atomic E-state index is 12.8. The van der Waals surface area contributed by atoms with Crippen molar-refractivity contribution in [1.29, 1.82) is 0 Å². The van der Waals surface area contributed by atoms with Crippen molar-refractivity contribution in [3.8, 4) is 0 Å². The van der Waals surface area contributed by atoms with Crippen molar-refractivity contribution in [3.05, 3.63) is 29.8 Å². The maximum atomic E-state index is 12.8. The van der Waals surface area contributed by atoms with E-state index < -0.39 is 16.0 Å². The molecule has 0 spiro atoms. The van der Waals surface area contributed by atoms with Crippen LogP contribution in [0.4, 0.5) is 0 Å². The summed E-state index contributed by atoms with van der Waals surface area (Å²) in [6, 6.07) is 5.77. The van der Waals surface area contributed by atoms with Gasteiger partial charge in [-0.3, -0.25) is 9.59 Å². The second-order valence-electron chi connectivity index (χ2n) is 6.89. The van der Waals surface area contributed by atoms with Crippen molar-refractivity contribution in [2.45, 2.75) is 49.5 Å². The van der Waals surface area contributed by atoms with Crippen molar-refractivity contribution in [2.75, 3.05) is 19.6 Å². The number of benzene rings is 1. The maximum Gasteiger partial charge on any atom is 0.305 e. The van der Waals surface area contributed by atoms with Gasteiger partial charge in [-0.2, -0.15) is 4.31 Å². The van der Waals surface area contributed by atoms with Crippen LogP contribution in [0.25, 0.3) is 0 Å². The number of amides is 1. The summed E-state index contributed by atoms with van der Waals surface area (Å²) in [5, 5.41) is 9.02. The summed E-state index contributed by atoms with van der Waals surface area (Å²) in [6.07, 6.45) is 4.06. The van der Waals surface area contributed by atoms with Crippen molar-refractivity contribution in [2.24, 2.45) is 0 Å². The molecule has 1 atom stereocenters. The lowest BCUT2D eigenvalue weighted by Gasteiger charge is -2.26. The molecule has 8 heteroatoms. The number of hydrogen-bond donors (Lipinski definition) is 1. The van der Waals surface area contributed by atoms with Crippen molar-refractivity contribution >= 4 is 21.9 Å². The Labute approximate surface area is 153 Å². The summed E-state index contributed by atoms with van der Waals surface area (Å²) in [6.45, 7) is 1.51. The molecular formula is C18H24N2O5S. The largest absolute Gasteiger partial charge is 0.481 e. The van der Waals surface area contributed by atoms with E-state index in [1.54, 1.807) is 17.0 Å². The van der Waals surface area contributed by atoms with Crippen LogP contribution in [-0.2, 0) is 14.8 Å². The molecule has 2 fully saturated rings. The number of hydrogen-bond acceptors (Lipinski definition) is 4. The number of piperidine rings is 1. The minimum absolute atomic E-state index is 0.0858. The molecule has 2 heterocycles. The number of carboxylic acid groups (broad SMARTS) is 1. The molecule has 26 heavy (non-hydrogen) atoms. The van der Waals surface area contributed by atoms with E-state index in [1.165, 1.54) is 16.4 Å². The third-order valence-electron chi connectivity index (χ3n) is 5.08. The molecule has 0 aliphatic carbocycles. The summed E-state index contributed by atoms with van der Waals surface area (Å²) in [5.41, 5.74) is 0.292. The van der Waals surface area contributed by atoms with E-state index in [4.69, 9.17) is 5.11 Å². The van der Waals surface area contributed by atoms with Crippen molar-refractivity contribution in [1.82, 2.24) is 9.21 Å². The third kappa shape index (κ3) is 3.91. The number of rotatable bonds is 5. The predicted octanol–water partition coefficient (Wildman–Crippen LogP) is 1.94. The lowest BCUT2D eigenvalue weighted by Crippen LogP contribution is -2.37. The number of carbonyl (C=O) groups is 2. The van der Waals surface area contributed by atoms with E-state index in [1.807, 2.05) is 0 Å². The molecule has 1 aromatic carbocycles. The van der Waals surface area contributed by atoms with Crippen LogP contribution in [-0.4, -0.2) is 60.3 Å². The van der Waals surface area contributed by atoms with Gasteiger partial charge < -0.3 is 10.0 Å². The normalized spacial score (nSPS) is 21.7. The van der Waals surface area contributed by atoms with Crippen LogP contribution in [0.1, 0.15) is 48.9 Å². The Morgan fingerprint density at radius 2 is 1.81 bits per heavy atom. The number of aliphatic carboxylic acids is 1. The predicted molar refractivity (Wildman–Crippen MR) is 95.4 cm³/mol. The van der Waals surface area contributed by atoms with Crippen molar-refractivity contribution < 1.29 is 23.1 Å². The van der Waals surface area contributed by atoms with Gasteiger partial charge in [0.25, 0.3) is 5.91 Å². The Hall–Kier alpha value is -1.93. The molecular weight excluding hydrogens is 356 g/mol. The summed E-state index contributed by atoms with van der Waals surface area (Å²) in [7, 11) is -3.61. The highest BCUT2D eigenvalue weighted by molar-refractivity contribution is 7.89. The molecule has 142 valence electrons. The first-order valence-corrected chi connectivity index (χ1v) is 10.5. The molecule has 7 nitrogen and oxygen atoms in total. The highest BCUT2D eigenvalue weighted by Crippen LogP contribution is 2.25. The van der Waals surface area contributed by atoms with Gasteiger partial charge in [0.15, 0.2) is 0 Å². The fraction of sp³-hybridized carbons (Fsp3) is 0.556. The lowest BCUT2D eigenvalue weighted by molar-refractivity contribution is -0.137. The SMILES string of the molecule is O=C(O)CC1CCCN1C(=O)c1cccc(S(=O)(=O)N2CCCCC2)c1. The number of likely N-dealkylation sites (tertiary alicyclic amines) is 1. The minimum Gasteiger partial charge on any atom is -0.481 e. The Morgan fingerprint density at radius 3 is 2.50 bits per heavy atom. The molecule has 2 aliphatic rings. The Kier molecular flexibility index (Phi) is 5.62. The van der Waals surface area contributed by atoms with Crippen LogP contribution in [0.3, 0.4) is 0 Å². The summed E-state index contributed by atoms with van der Waals surface area (Å²) >= 11 is 0. The van der Waals surface area contributed by atoms with E-state index in [2.05, 4.69) is 0 Å². The van der Waals surface area contributed by atoms with Crippen molar-refractivity contribution in [3.63, 3.8) is 0 Å². The molecule has 2 saturated heterocycles. The van der Waals surface area contributed by atoms with Gasteiger partial charge in [0.1, 0.15) is 0 Å². The summed E-state index contributed by atoms with van der Waals surface area (Å²) in [4.78, 5) is 25.5. The van der Waals surface area contributed by atoms with Crippen LogP contribution < -0.4 is 0 Å². The molecule has 1 aromatic rings. The van der Waals surface area contributed by atoms with E-state index in [0.717, 1.165) is 25.7 Å². The third-order valence-corrected chi connectivity index (χ3v) is 6.98. The second-order valence-corrected chi connectivity index (χ2v) is 8.82. The van der Waals surface area contributed by atoms with Crippen LogP contribution in [0, 0.1) is 0 Å². The number of carboxylic acids is 1. The van der Waals surface area contributed by atoms with E-state index in [0.29, 0.717) is 31.6 Å². The molecule has 3 rings (SSSR count). The zero-order chi connectivity index (χ0) is 18.7. The fourth-order valence-corrected chi connectivity index (χ4v) is 5.29. The number of nitrogens with zero attached hydrogens (tertiary/aromatic N) is 2. The molecule has 0 radical (unpaired) electrons. The Morgan fingerprint density at radius 1 is 1.08 bits per heavy atom. The molecule has 0 saturated carbocycles. The standard InChI is InChI=1S/C18H24N2O5S/c21-17(22)13-15-7-5-11-20(15)18(23)14-6-4-8-16(12-14)26(24,25)19-9-2-1-3-10-19/h4,6,8,12,15H,1-3,5,7,9-11,13H2,(H,21,22). The number of sulfonamides is 1. The smallest absolute Gasteiger partial charge is 0.305 e. The second kappa shape index (κ2) is 7.75. The van der Waals surface area contributed by atoms with Gasteiger partial charge in [-0.1, -0.05) is 12.5 Å². The molecule has 1 unspecified atom stereocenters.